The van der Waals surface area contributed by atoms with E-state index in [1.54, 1.807) is 0 Å². The zero-order valence-corrected chi connectivity index (χ0v) is 14.5. The van der Waals surface area contributed by atoms with Crippen LogP contribution in [0, 0.1) is 0 Å². The Labute approximate surface area is 150 Å². The summed E-state index contributed by atoms with van der Waals surface area (Å²) in [5, 5.41) is 12.3. The van der Waals surface area contributed by atoms with E-state index in [4.69, 9.17) is 11.6 Å². The van der Waals surface area contributed by atoms with Crippen molar-refractivity contribution in [1.82, 2.24) is 20.5 Å². The molecule has 0 saturated heterocycles. The van der Waals surface area contributed by atoms with Crippen molar-refractivity contribution in [2.45, 2.75) is 44.6 Å². The first-order valence-corrected chi connectivity index (χ1v) is 9.26. The number of aromatic amines is 2. The van der Waals surface area contributed by atoms with Gasteiger partial charge in [0.05, 0.1) is 16.6 Å². The lowest BCUT2D eigenvalue weighted by Gasteiger charge is -2.23. The average Bonchev–Trinajstić information content (AvgIpc) is 3.29. The third-order valence-electron chi connectivity index (χ3n) is 5.52. The number of aryl methyl sites for hydroxylation is 2. The Balaban J connectivity index is 1.49. The van der Waals surface area contributed by atoms with Gasteiger partial charge in [0.1, 0.15) is 0 Å². The van der Waals surface area contributed by atoms with E-state index in [9.17, 15) is 4.79 Å². The van der Waals surface area contributed by atoms with Gasteiger partial charge in [-0.3, -0.25) is 9.89 Å². The summed E-state index contributed by atoms with van der Waals surface area (Å²) < 4.78 is 0. The number of carbonyl (C=O) groups excluding carboxylic acids is 1. The van der Waals surface area contributed by atoms with Crippen LogP contribution in [-0.4, -0.2) is 21.1 Å². The van der Waals surface area contributed by atoms with Gasteiger partial charge in [0.2, 0.25) is 0 Å². The van der Waals surface area contributed by atoms with Crippen molar-refractivity contribution in [3.8, 4) is 0 Å². The van der Waals surface area contributed by atoms with Gasteiger partial charge in [0.15, 0.2) is 5.69 Å². The summed E-state index contributed by atoms with van der Waals surface area (Å²) in [4.78, 5) is 16.3. The molecule has 0 spiro atoms. The largest absolute Gasteiger partial charge is 0.355 e. The number of nitrogens with zero attached hydrogens (tertiary/aromatic N) is 1. The number of aromatic nitrogens is 3. The molecule has 5 nitrogen and oxygen atoms in total. The van der Waals surface area contributed by atoms with Crippen LogP contribution in [0.2, 0.25) is 5.02 Å². The predicted octanol–water partition coefficient (Wildman–Crippen LogP) is 3.84. The molecule has 3 N–H and O–H groups in total. The molecular formula is C19H19ClN4O. The number of benzene rings is 1. The number of amides is 1. The number of carbonyl (C=O) groups is 1. The highest BCUT2D eigenvalue weighted by Crippen LogP contribution is 2.37. The molecule has 0 aliphatic heterocycles. The van der Waals surface area contributed by atoms with E-state index in [-0.39, 0.29) is 11.9 Å². The number of hydrogen-bond acceptors (Lipinski definition) is 2. The minimum Gasteiger partial charge on any atom is -0.355 e. The van der Waals surface area contributed by atoms with Gasteiger partial charge in [-0.15, -0.1) is 0 Å². The van der Waals surface area contributed by atoms with Crippen LogP contribution < -0.4 is 5.32 Å². The Kier molecular flexibility index (Phi) is 3.38. The minimum atomic E-state index is -0.0815. The molecule has 0 bridgehead atoms. The molecule has 2 aromatic heterocycles. The van der Waals surface area contributed by atoms with Crippen LogP contribution in [0.3, 0.4) is 0 Å². The highest BCUT2D eigenvalue weighted by molar-refractivity contribution is 6.35. The zero-order chi connectivity index (χ0) is 17.0. The summed E-state index contributed by atoms with van der Waals surface area (Å²) in [6.07, 6.45) is 6.01. The number of H-pyrrole nitrogens is 2. The molecule has 0 fully saturated rings. The molecule has 0 saturated carbocycles. The summed E-state index contributed by atoms with van der Waals surface area (Å²) in [6, 6.07) is 5.95. The summed E-state index contributed by atoms with van der Waals surface area (Å²) >= 11 is 6.34. The second kappa shape index (κ2) is 5.63. The lowest BCUT2D eigenvalue weighted by molar-refractivity contribution is 0.0926. The molecule has 1 unspecified atom stereocenters. The number of fused-ring (bicyclic) bond motifs is 4. The zero-order valence-electron chi connectivity index (χ0n) is 13.8. The van der Waals surface area contributed by atoms with E-state index < -0.39 is 0 Å². The van der Waals surface area contributed by atoms with Gasteiger partial charge in [-0.1, -0.05) is 23.7 Å². The van der Waals surface area contributed by atoms with Crippen LogP contribution in [-0.2, 0) is 19.3 Å². The second-order valence-electron chi connectivity index (χ2n) is 6.98. The number of para-hydroxylation sites is 1. The van der Waals surface area contributed by atoms with Gasteiger partial charge in [-0.05, 0) is 50.2 Å². The predicted molar refractivity (Wildman–Crippen MR) is 97.1 cm³/mol. The maximum atomic E-state index is 12.8. The van der Waals surface area contributed by atoms with E-state index in [1.165, 1.54) is 10.9 Å². The number of halogens is 1. The molecule has 2 heterocycles. The molecular weight excluding hydrogens is 336 g/mol. The van der Waals surface area contributed by atoms with Gasteiger partial charge in [0.25, 0.3) is 5.91 Å². The van der Waals surface area contributed by atoms with Crippen LogP contribution in [0.15, 0.2) is 18.2 Å². The fourth-order valence-corrected chi connectivity index (χ4v) is 4.55. The van der Waals surface area contributed by atoms with Gasteiger partial charge in [-0.2, -0.15) is 5.10 Å². The van der Waals surface area contributed by atoms with Crippen molar-refractivity contribution in [1.29, 1.82) is 0 Å². The fourth-order valence-electron chi connectivity index (χ4n) is 4.33. The molecule has 0 radical (unpaired) electrons. The Hall–Kier alpha value is -2.27. The quantitative estimate of drug-likeness (QED) is 0.654. The summed E-state index contributed by atoms with van der Waals surface area (Å²) in [5.41, 5.74) is 6.11. The Morgan fingerprint density at radius 2 is 2.08 bits per heavy atom. The van der Waals surface area contributed by atoms with E-state index in [1.807, 2.05) is 12.1 Å². The molecule has 6 heteroatoms. The summed E-state index contributed by atoms with van der Waals surface area (Å²) in [5.74, 6) is -0.0815. The molecule has 128 valence electrons. The Morgan fingerprint density at radius 3 is 3.00 bits per heavy atom. The van der Waals surface area contributed by atoms with Crippen LogP contribution in [0.4, 0.5) is 0 Å². The van der Waals surface area contributed by atoms with Gasteiger partial charge in [0, 0.05) is 22.3 Å². The number of rotatable bonds is 2. The molecule has 1 amide bonds. The van der Waals surface area contributed by atoms with Crippen LogP contribution >= 0.6 is 11.6 Å². The van der Waals surface area contributed by atoms with Gasteiger partial charge >= 0.3 is 0 Å². The average molecular weight is 355 g/mol. The molecule has 5 rings (SSSR count). The number of hydrogen-bond donors (Lipinski definition) is 3. The van der Waals surface area contributed by atoms with Crippen LogP contribution in [0.1, 0.15) is 58.3 Å². The van der Waals surface area contributed by atoms with Crippen LogP contribution in [0.5, 0.6) is 0 Å². The van der Waals surface area contributed by atoms with Gasteiger partial charge < -0.3 is 10.3 Å². The minimum absolute atomic E-state index is 0.0199. The van der Waals surface area contributed by atoms with Crippen molar-refractivity contribution in [2.75, 3.05) is 0 Å². The van der Waals surface area contributed by atoms with Gasteiger partial charge in [-0.25, -0.2) is 0 Å². The second-order valence-corrected chi connectivity index (χ2v) is 7.39. The van der Waals surface area contributed by atoms with E-state index >= 15 is 0 Å². The normalized spacial score (nSPS) is 19.0. The van der Waals surface area contributed by atoms with Crippen LogP contribution in [0.25, 0.3) is 10.9 Å². The SMILES string of the molecule is O=C(NC1CCCc2c1[nH]c1c(Cl)cccc21)c1n[nH]c2c1CCC2. The maximum absolute atomic E-state index is 12.8. The van der Waals surface area contributed by atoms with Crippen molar-refractivity contribution >= 4 is 28.4 Å². The molecule has 2 aliphatic rings. The molecule has 3 aromatic rings. The Bertz CT molecular complexity index is 987. The van der Waals surface area contributed by atoms with Crippen molar-refractivity contribution < 1.29 is 4.79 Å². The molecule has 1 atom stereocenters. The maximum Gasteiger partial charge on any atom is 0.272 e. The van der Waals surface area contributed by atoms with Crippen molar-refractivity contribution in [3.63, 3.8) is 0 Å². The third-order valence-corrected chi connectivity index (χ3v) is 5.83. The standard InChI is InChI=1S/C19H19ClN4O/c20-13-7-1-4-10-11-5-2-9-15(17(11)22-16(10)13)21-19(25)18-12-6-3-8-14(12)23-24-18/h1,4,7,15,22H,2-3,5-6,8-9H2,(H,21,25)(H,23,24). The highest BCUT2D eigenvalue weighted by Gasteiger charge is 2.29. The summed E-state index contributed by atoms with van der Waals surface area (Å²) in [7, 11) is 0. The first-order chi connectivity index (χ1) is 12.2. The highest BCUT2D eigenvalue weighted by atomic mass is 35.5. The number of nitrogens with one attached hydrogen (secondary N) is 3. The smallest absolute Gasteiger partial charge is 0.272 e. The van der Waals surface area contributed by atoms with Crippen molar-refractivity contribution in [2.24, 2.45) is 0 Å². The lowest BCUT2D eigenvalue weighted by atomic mass is 9.91. The van der Waals surface area contributed by atoms with E-state index in [2.05, 4.69) is 26.6 Å². The third kappa shape index (κ3) is 2.29. The molecule has 1 aromatic carbocycles. The van der Waals surface area contributed by atoms with E-state index in [0.29, 0.717) is 5.69 Å². The fraction of sp³-hybridized carbons (Fsp3) is 0.368. The monoisotopic (exact) mass is 354 g/mol. The summed E-state index contributed by atoms with van der Waals surface area (Å²) in [6.45, 7) is 0. The van der Waals surface area contributed by atoms with E-state index in [0.717, 1.165) is 66.0 Å². The molecule has 25 heavy (non-hydrogen) atoms. The lowest BCUT2D eigenvalue weighted by Crippen LogP contribution is -2.31. The first kappa shape index (κ1) is 15.0. The Morgan fingerprint density at radius 1 is 1.20 bits per heavy atom. The first-order valence-electron chi connectivity index (χ1n) is 8.88. The van der Waals surface area contributed by atoms with Crippen molar-refractivity contribution in [3.05, 3.63) is 51.4 Å². The topological polar surface area (TPSA) is 73.6 Å². The molecule has 2 aliphatic carbocycles.